The van der Waals surface area contributed by atoms with Crippen LogP contribution in [-0.2, 0) is 4.74 Å². The topological polar surface area (TPSA) is 35.2 Å². The highest BCUT2D eigenvalue weighted by molar-refractivity contribution is 4.45. The number of hydrogen-bond donors (Lipinski definition) is 1. The third-order valence-corrected chi connectivity index (χ3v) is 1.31. The van der Waals surface area contributed by atoms with Gasteiger partial charge in [-0.05, 0) is 25.7 Å². The maximum Gasteiger partial charge on any atom is 0.102 e. The Labute approximate surface area is 63.7 Å². The van der Waals surface area contributed by atoms with Gasteiger partial charge in [-0.2, -0.15) is 0 Å². The molecule has 0 bridgehead atoms. The molecule has 0 heterocycles. The monoisotopic (exact) mass is 145 g/mol. The zero-order valence-corrected chi connectivity index (χ0v) is 7.26. The van der Waals surface area contributed by atoms with Crippen LogP contribution in [0.2, 0.25) is 0 Å². The van der Waals surface area contributed by atoms with Crippen molar-refractivity contribution in [3.8, 4) is 0 Å². The molecular formula is C8H19NO. The van der Waals surface area contributed by atoms with Gasteiger partial charge in [0.2, 0.25) is 0 Å². The van der Waals surface area contributed by atoms with Crippen molar-refractivity contribution in [1.29, 1.82) is 0 Å². The summed E-state index contributed by atoms with van der Waals surface area (Å²) in [5.41, 5.74) is 5.39. The molecule has 0 spiro atoms. The molecule has 10 heavy (non-hydrogen) atoms. The van der Waals surface area contributed by atoms with Gasteiger partial charge in [-0.15, -0.1) is 0 Å². The molecule has 0 unspecified atom stereocenters. The van der Waals surface area contributed by atoms with Crippen LogP contribution in [-0.4, -0.2) is 12.8 Å². The fourth-order valence-corrected chi connectivity index (χ4v) is 0.761. The van der Waals surface area contributed by atoms with Crippen LogP contribution in [0.4, 0.5) is 0 Å². The Kier molecular flexibility index (Phi) is 5.64. The lowest BCUT2D eigenvalue weighted by Gasteiger charge is -2.07. The molecule has 2 nitrogen and oxygen atoms in total. The van der Waals surface area contributed by atoms with Crippen molar-refractivity contribution >= 4 is 0 Å². The predicted octanol–water partition coefficient (Wildman–Crippen LogP) is 1.74. The summed E-state index contributed by atoms with van der Waals surface area (Å²) in [7, 11) is 0. The van der Waals surface area contributed by atoms with Crippen molar-refractivity contribution in [1.82, 2.24) is 0 Å². The van der Waals surface area contributed by atoms with E-state index in [4.69, 9.17) is 10.5 Å². The predicted molar refractivity (Wildman–Crippen MR) is 43.7 cm³/mol. The molecule has 1 atom stereocenters. The van der Waals surface area contributed by atoms with Gasteiger partial charge in [0, 0.05) is 6.61 Å². The quantitative estimate of drug-likeness (QED) is 0.472. The number of rotatable bonds is 5. The van der Waals surface area contributed by atoms with Gasteiger partial charge in [-0.25, -0.2) is 0 Å². The van der Waals surface area contributed by atoms with Gasteiger partial charge in [-0.1, -0.05) is 13.8 Å². The van der Waals surface area contributed by atoms with Crippen LogP contribution in [0.1, 0.15) is 33.6 Å². The van der Waals surface area contributed by atoms with Crippen molar-refractivity contribution in [2.24, 2.45) is 11.7 Å². The van der Waals surface area contributed by atoms with E-state index < -0.39 is 0 Å². The summed E-state index contributed by atoms with van der Waals surface area (Å²) in [6.07, 6.45) is 2.25. The Hall–Kier alpha value is -0.0800. The molecule has 0 aliphatic rings. The van der Waals surface area contributed by atoms with Crippen LogP contribution < -0.4 is 5.73 Å². The van der Waals surface area contributed by atoms with Crippen molar-refractivity contribution in [3.05, 3.63) is 0 Å². The maximum atomic E-state index is 5.39. The first-order valence-electron chi connectivity index (χ1n) is 4.00. The molecule has 2 heteroatoms. The van der Waals surface area contributed by atoms with E-state index in [0.717, 1.165) is 18.9 Å². The number of hydrogen-bond acceptors (Lipinski definition) is 2. The smallest absolute Gasteiger partial charge is 0.102 e. The first-order valence-corrected chi connectivity index (χ1v) is 4.00. The zero-order chi connectivity index (χ0) is 7.98. The minimum atomic E-state index is -0.104. The SMILES string of the molecule is CC(C)CCCO[C@H](C)N. The fraction of sp³-hybridized carbons (Fsp3) is 1.00. The van der Waals surface area contributed by atoms with Crippen LogP contribution in [0.3, 0.4) is 0 Å². The first kappa shape index (κ1) is 9.92. The number of nitrogens with two attached hydrogens (primary N) is 1. The Morgan fingerprint density at radius 1 is 1.30 bits per heavy atom. The van der Waals surface area contributed by atoms with Gasteiger partial charge in [0.1, 0.15) is 6.23 Å². The lowest BCUT2D eigenvalue weighted by molar-refractivity contribution is 0.0664. The summed E-state index contributed by atoms with van der Waals surface area (Å²) in [6, 6.07) is 0. The maximum absolute atomic E-state index is 5.39. The van der Waals surface area contributed by atoms with E-state index in [9.17, 15) is 0 Å². The van der Waals surface area contributed by atoms with Crippen LogP contribution in [0.15, 0.2) is 0 Å². The van der Waals surface area contributed by atoms with Gasteiger partial charge in [-0.3, -0.25) is 0 Å². The highest BCUT2D eigenvalue weighted by Gasteiger charge is 1.95. The Morgan fingerprint density at radius 3 is 2.30 bits per heavy atom. The van der Waals surface area contributed by atoms with Crippen LogP contribution in [0.5, 0.6) is 0 Å². The van der Waals surface area contributed by atoms with Gasteiger partial charge in [0.15, 0.2) is 0 Å². The van der Waals surface area contributed by atoms with Gasteiger partial charge < -0.3 is 10.5 Å². The summed E-state index contributed by atoms with van der Waals surface area (Å²) in [5.74, 6) is 0.775. The molecule has 0 saturated carbocycles. The highest BCUT2D eigenvalue weighted by atomic mass is 16.5. The molecule has 0 aromatic heterocycles. The second kappa shape index (κ2) is 5.69. The van der Waals surface area contributed by atoms with E-state index in [1.54, 1.807) is 0 Å². The molecule has 0 fully saturated rings. The average Bonchev–Trinajstić information content (AvgIpc) is 1.79. The molecule has 0 aromatic carbocycles. The Bertz CT molecular complexity index is 61.7. The van der Waals surface area contributed by atoms with Crippen molar-refractivity contribution in [3.63, 3.8) is 0 Å². The second-order valence-corrected chi connectivity index (χ2v) is 3.11. The Morgan fingerprint density at radius 2 is 1.90 bits per heavy atom. The summed E-state index contributed by atoms with van der Waals surface area (Å²) in [4.78, 5) is 0. The summed E-state index contributed by atoms with van der Waals surface area (Å²) < 4.78 is 5.17. The fourth-order valence-electron chi connectivity index (χ4n) is 0.761. The average molecular weight is 145 g/mol. The molecule has 0 aliphatic carbocycles. The van der Waals surface area contributed by atoms with Crippen molar-refractivity contribution < 1.29 is 4.74 Å². The van der Waals surface area contributed by atoms with Gasteiger partial charge in [0.05, 0.1) is 0 Å². The van der Waals surface area contributed by atoms with E-state index in [0.29, 0.717) is 0 Å². The standard InChI is InChI=1S/C8H19NO/c1-7(2)5-4-6-10-8(3)9/h7-8H,4-6,9H2,1-3H3/t8-/m1/s1. The lowest BCUT2D eigenvalue weighted by atomic mass is 10.1. The minimum Gasteiger partial charge on any atom is -0.364 e. The zero-order valence-electron chi connectivity index (χ0n) is 7.26. The third kappa shape index (κ3) is 7.92. The molecule has 62 valence electrons. The molecule has 0 aliphatic heterocycles. The van der Waals surface area contributed by atoms with Crippen LogP contribution >= 0.6 is 0 Å². The van der Waals surface area contributed by atoms with Crippen LogP contribution in [0, 0.1) is 5.92 Å². The van der Waals surface area contributed by atoms with E-state index in [1.807, 2.05) is 6.92 Å². The summed E-state index contributed by atoms with van der Waals surface area (Å²) >= 11 is 0. The van der Waals surface area contributed by atoms with Crippen LogP contribution in [0.25, 0.3) is 0 Å². The van der Waals surface area contributed by atoms with E-state index >= 15 is 0 Å². The summed E-state index contributed by atoms with van der Waals surface area (Å²) in [6.45, 7) is 7.09. The Balaban J connectivity index is 2.91. The normalized spacial score (nSPS) is 14.1. The van der Waals surface area contributed by atoms with E-state index in [-0.39, 0.29) is 6.23 Å². The minimum absolute atomic E-state index is 0.104. The highest BCUT2D eigenvalue weighted by Crippen LogP contribution is 2.03. The molecule has 0 rings (SSSR count). The molecule has 0 radical (unpaired) electrons. The molecule has 0 saturated heterocycles. The largest absolute Gasteiger partial charge is 0.364 e. The molecule has 0 aromatic rings. The summed E-state index contributed by atoms with van der Waals surface area (Å²) in [5, 5.41) is 0. The molecule has 2 N–H and O–H groups in total. The number of ether oxygens (including phenoxy) is 1. The van der Waals surface area contributed by atoms with Crippen molar-refractivity contribution in [2.75, 3.05) is 6.61 Å². The van der Waals surface area contributed by atoms with Gasteiger partial charge >= 0.3 is 0 Å². The van der Waals surface area contributed by atoms with E-state index in [2.05, 4.69) is 13.8 Å². The van der Waals surface area contributed by atoms with E-state index in [1.165, 1.54) is 6.42 Å². The van der Waals surface area contributed by atoms with Crippen molar-refractivity contribution in [2.45, 2.75) is 39.8 Å². The molecule has 0 amide bonds. The third-order valence-electron chi connectivity index (χ3n) is 1.31. The second-order valence-electron chi connectivity index (χ2n) is 3.11. The first-order chi connectivity index (χ1) is 4.63. The lowest BCUT2D eigenvalue weighted by Crippen LogP contribution is -2.19. The van der Waals surface area contributed by atoms with Gasteiger partial charge in [0.25, 0.3) is 0 Å². The molecular weight excluding hydrogens is 126 g/mol.